The molecule has 0 spiro atoms. The first-order valence-electron chi connectivity index (χ1n) is 5.82. The van der Waals surface area contributed by atoms with Crippen LogP contribution in [0.4, 0.5) is 5.95 Å². The van der Waals surface area contributed by atoms with Gasteiger partial charge in [0, 0.05) is 31.4 Å². The van der Waals surface area contributed by atoms with Crippen LogP contribution in [0.15, 0.2) is 12.3 Å². The fourth-order valence-corrected chi connectivity index (χ4v) is 1.64. The van der Waals surface area contributed by atoms with E-state index in [1.165, 1.54) is 0 Å². The third kappa shape index (κ3) is 5.08. The Hall–Kier alpha value is -1.23. The lowest BCUT2D eigenvalue weighted by molar-refractivity contribution is 0.603. The molecule has 1 aromatic rings. The lowest BCUT2D eigenvalue weighted by Gasteiger charge is -2.24. The summed E-state index contributed by atoms with van der Waals surface area (Å²) in [7, 11) is 0. The molecule has 0 amide bonds. The van der Waals surface area contributed by atoms with Gasteiger partial charge >= 0.3 is 0 Å². The van der Waals surface area contributed by atoms with E-state index in [0.29, 0.717) is 17.3 Å². The Balaban J connectivity index is 2.77. The van der Waals surface area contributed by atoms with Crippen molar-refractivity contribution in [2.24, 2.45) is 11.7 Å². The maximum atomic E-state index is 5.54. The molecule has 17 heavy (non-hydrogen) atoms. The molecular weight excluding hydrogens is 232 g/mol. The predicted octanol–water partition coefficient (Wildman–Crippen LogP) is 1.92. The summed E-state index contributed by atoms with van der Waals surface area (Å²) in [5, 5.41) is 0. The molecule has 5 heteroatoms. The highest BCUT2D eigenvalue weighted by atomic mass is 32.1. The maximum absolute atomic E-state index is 5.54. The van der Waals surface area contributed by atoms with Gasteiger partial charge in [0.05, 0.1) is 4.99 Å². The van der Waals surface area contributed by atoms with E-state index in [2.05, 4.69) is 28.7 Å². The molecule has 2 N–H and O–H groups in total. The molecule has 0 saturated heterocycles. The Bertz CT molecular complexity index is 379. The van der Waals surface area contributed by atoms with Crippen LogP contribution in [0.3, 0.4) is 0 Å². The number of thiocarbonyl (C=S) groups is 1. The van der Waals surface area contributed by atoms with Gasteiger partial charge in [-0.25, -0.2) is 9.97 Å². The first kappa shape index (κ1) is 13.8. The van der Waals surface area contributed by atoms with E-state index in [9.17, 15) is 0 Å². The molecule has 0 bridgehead atoms. The second-order valence-electron chi connectivity index (χ2n) is 4.55. The van der Waals surface area contributed by atoms with E-state index in [1.54, 1.807) is 6.20 Å². The highest BCUT2D eigenvalue weighted by Gasteiger charge is 2.11. The number of aryl methyl sites for hydroxylation is 1. The number of aromatic nitrogens is 2. The average Bonchev–Trinajstić information content (AvgIpc) is 2.23. The summed E-state index contributed by atoms with van der Waals surface area (Å²) in [6, 6.07) is 1.89. The monoisotopic (exact) mass is 252 g/mol. The van der Waals surface area contributed by atoms with Crippen LogP contribution < -0.4 is 10.6 Å². The van der Waals surface area contributed by atoms with Gasteiger partial charge in [-0.3, -0.25) is 0 Å². The number of nitrogens with two attached hydrogens (primary N) is 1. The summed E-state index contributed by atoms with van der Waals surface area (Å²) < 4.78 is 0. The van der Waals surface area contributed by atoms with Gasteiger partial charge in [0.15, 0.2) is 0 Å². The quantitative estimate of drug-likeness (QED) is 0.784. The van der Waals surface area contributed by atoms with Crippen molar-refractivity contribution in [3.05, 3.63) is 18.0 Å². The van der Waals surface area contributed by atoms with Gasteiger partial charge in [-0.05, 0) is 18.9 Å². The first-order chi connectivity index (χ1) is 7.99. The van der Waals surface area contributed by atoms with Crippen LogP contribution in [0.1, 0.15) is 26.0 Å². The van der Waals surface area contributed by atoms with Crippen molar-refractivity contribution in [2.45, 2.75) is 27.2 Å². The lowest BCUT2D eigenvalue weighted by Crippen LogP contribution is -2.32. The van der Waals surface area contributed by atoms with E-state index >= 15 is 0 Å². The largest absolute Gasteiger partial charge is 0.393 e. The number of rotatable bonds is 6. The predicted molar refractivity (Wildman–Crippen MR) is 75.2 cm³/mol. The normalized spacial score (nSPS) is 10.6. The minimum atomic E-state index is 0.534. The van der Waals surface area contributed by atoms with Crippen molar-refractivity contribution in [2.75, 3.05) is 18.0 Å². The minimum Gasteiger partial charge on any atom is -0.393 e. The molecule has 0 fully saturated rings. The van der Waals surface area contributed by atoms with Gasteiger partial charge in [-0.2, -0.15) is 0 Å². The van der Waals surface area contributed by atoms with Crippen molar-refractivity contribution < 1.29 is 0 Å². The number of hydrogen-bond acceptors (Lipinski definition) is 4. The van der Waals surface area contributed by atoms with E-state index in [-0.39, 0.29) is 0 Å². The van der Waals surface area contributed by atoms with E-state index in [4.69, 9.17) is 18.0 Å². The molecule has 0 saturated carbocycles. The summed E-state index contributed by atoms with van der Waals surface area (Å²) in [4.78, 5) is 11.4. The zero-order valence-corrected chi connectivity index (χ0v) is 11.5. The molecule has 1 rings (SSSR count). The number of anilines is 1. The number of hydrogen-bond donors (Lipinski definition) is 1. The highest BCUT2D eigenvalue weighted by Crippen LogP contribution is 2.10. The third-order valence-corrected chi connectivity index (χ3v) is 2.48. The van der Waals surface area contributed by atoms with E-state index in [1.807, 2.05) is 13.0 Å². The molecule has 1 aromatic heterocycles. The second-order valence-corrected chi connectivity index (χ2v) is 5.08. The molecule has 1 heterocycles. The van der Waals surface area contributed by atoms with Crippen LogP contribution in [-0.2, 0) is 0 Å². The van der Waals surface area contributed by atoms with Crippen LogP contribution in [0.25, 0.3) is 0 Å². The molecule has 0 aromatic carbocycles. The van der Waals surface area contributed by atoms with E-state index in [0.717, 1.165) is 24.7 Å². The molecule has 0 aliphatic heterocycles. The van der Waals surface area contributed by atoms with Crippen molar-refractivity contribution in [3.63, 3.8) is 0 Å². The molecule has 0 unspecified atom stereocenters. The molecular formula is C12H20N4S. The third-order valence-electron chi connectivity index (χ3n) is 2.28. The zero-order valence-electron chi connectivity index (χ0n) is 10.7. The van der Waals surface area contributed by atoms with Gasteiger partial charge in [0.2, 0.25) is 5.95 Å². The van der Waals surface area contributed by atoms with Gasteiger partial charge in [-0.15, -0.1) is 0 Å². The van der Waals surface area contributed by atoms with Gasteiger partial charge in [-0.1, -0.05) is 26.1 Å². The Kier molecular flexibility index (Phi) is 5.28. The lowest BCUT2D eigenvalue weighted by atomic mass is 10.2. The van der Waals surface area contributed by atoms with E-state index < -0.39 is 0 Å². The molecule has 0 aliphatic rings. The SMILES string of the molecule is Cc1ccnc(N(CCC(N)=S)CC(C)C)n1. The van der Waals surface area contributed by atoms with Crippen LogP contribution >= 0.6 is 12.2 Å². The Labute approximate surface area is 108 Å². The molecule has 4 nitrogen and oxygen atoms in total. The van der Waals surface area contributed by atoms with Crippen LogP contribution in [0.5, 0.6) is 0 Å². The van der Waals surface area contributed by atoms with Crippen molar-refractivity contribution in [1.82, 2.24) is 9.97 Å². The summed E-state index contributed by atoms with van der Waals surface area (Å²) in [6.07, 6.45) is 2.48. The second kappa shape index (κ2) is 6.49. The molecule has 0 atom stereocenters. The minimum absolute atomic E-state index is 0.534. The Morgan fingerprint density at radius 3 is 2.76 bits per heavy atom. The summed E-state index contributed by atoms with van der Waals surface area (Å²) >= 11 is 4.91. The fraction of sp³-hybridized carbons (Fsp3) is 0.583. The highest BCUT2D eigenvalue weighted by molar-refractivity contribution is 7.80. The van der Waals surface area contributed by atoms with Crippen molar-refractivity contribution >= 4 is 23.2 Å². The van der Waals surface area contributed by atoms with Crippen LogP contribution in [0.2, 0.25) is 0 Å². The van der Waals surface area contributed by atoms with Gasteiger partial charge in [0.1, 0.15) is 0 Å². The standard InChI is InChI=1S/C12H20N4S/c1-9(2)8-16(7-5-11(13)17)12-14-6-4-10(3)15-12/h4,6,9H,5,7-8H2,1-3H3,(H2,13,17). The smallest absolute Gasteiger partial charge is 0.225 e. The number of nitrogens with zero attached hydrogens (tertiary/aromatic N) is 3. The summed E-state index contributed by atoms with van der Waals surface area (Å²) in [5.74, 6) is 1.31. The van der Waals surface area contributed by atoms with Crippen LogP contribution in [0, 0.1) is 12.8 Å². The topological polar surface area (TPSA) is 55.0 Å². The Morgan fingerprint density at radius 1 is 1.53 bits per heavy atom. The fourth-order valence-electron chi connectivity index (χ4n) is 1.55. The maximum Gasteiger partial charge on any atom is 0.225 e. The average molecular weight is 252 g/mol. The first-order valence-corrected chi connectivity index (χ1v) is 6.22. The van der Waals surface area contributed by atoms with Gasteiger partial charge in [0.25, 0.3) is 0 Å². The summed E-state index contributed by atoms with van der Waals surface area (Å²) in [5.41, 5.74) is 6.51. The summed E-state index contributed by atoms with van der Waals surface area (Å²) in [6.45, 7) is 7.99. The van der Waals surface area contributed by atoms with Crippen LogP contribution in [-0.4, -0.2) is 28.0 Å². The molecule has 0 aliphatic carbocycles. The van der Waals surface area contributed by atoms with Crippen molar-refractivity contribution in [3.8, 4) is 0 Å². The van der Waals surface area contributed by atoms with Crippen molar-refractivity contribution in [1.29, 1.82) is 0 Å². The molecule has 94 valence electrons. The molecule has 0 radical (unpaired) electrons. The zero-order chi connectivity index (χ0) is 12.8. The Morgan fingerprint density at radius 2 is 2.24 bits per heavy atom. The van der Waals surface area contributed by atoms with Gasteiger partial charge < -0.3 is 10.6 Å².